The first-order valence-electron chi connectivity index (χ1n) is 7.28. The Morgan fingerprint density at radius 3 is 2.67 bits per heavy atom. The summed E-state index contributed by atoms with van der Waals surface area (Å²) < 4.78 is 7.47. The van der Waals surface area contributed by atoms with E-state index in [0.29, 0.717) is 0 Å². The first-order chi connectivity index (χ1) is 9.89. The van der Waals surface area contributed by atoms with E-state index >= 15 is 0 Å². The molecule has 1 aromatic heterocycles. The van der Waals surface area contributed by atoms with Gasteiger partial charge in [0.2, 0.25) is 0 Å². The summed E-state index contributed by atoms with van der Waals surface area (Å²) in [4.78, 5) is 0. The molecule has 0 aliphatic heterocycles. The van der Waals surface area contributed by atoms with E-state index < -0.39 is 0 Å². The number of methoxy groups -OCH3 is 1. The molecule has 1 aromatic carbocycles. The van der Waals surface area contributed by atoms with Crippen molar-refractivity contribution in [3.63, 3.8) is 0 Å². The molecule has 1 heterocycles. The zero-order chi connectivity index (χ0) is 15.5. The summed E-state index contributed by atoms with van der Waals surface area (Å²) in [6.07, 6.45) is 1.85. The van der Waals surface area contributed by atoms with Gasteiger partial charge in [0.1, 0.15) is 5.75 Å². The Labute approximate surface area is 127 Å². The van der Waals surface area contributed by atoms with Gasteiger partial charge < -0.3 is 10.1 Å². The van der Waals surface area contributed by atoms with Crippen molar-refractivity contribution < 1.29 is 4.74 Å². The van der Waals surface area contributed by atoms with Gasteiger partial charge in [-0.15, -0.1) is 0 Å². The normalized spacial score (nSPS) is 11.7. The van der Waals surface area contributed by atoms with Gasteiger partial charge in [-0.05, 0) is 39.8 Å². The highest BCUT2D eigenvalue weighted by atomic mass is 16.5. The first-order valence-corrected chi connectivity index (χ1v) is 7.28. The number of benzene rings is 1. The molecule has 0 radical (unpaired) electrons. The number of aryl methyl sites for hydroxylation is 1. The van der Waals surface area contributed by atoms with Crippen molar-refractivity contribution in [2.75, 3.05) is 7.11 Å². The fourth-order valence-electron chi connectivity index (χ4n) is 2.20. The topological polar surface area (TPSA) is 39.1 Å². The molecule has 0 aliphatic carbocycles. The van der Waals surface area contributed by atoms with E-state index in [0.717, 1.165) is 24.4 Å². The van der Waals surface area contributed by atoms with Crippen molar-refractivity contribution in [2.45, 2.75) is 46.3 Å². The zero-order valence-electron chi connectivity index (χ0n) is 13.6. The van der Waals surface area contributed by atoms with E-state index in [2.05, 4.69) is 56.3 Å². The maximum atomic E-state index is 5.45. The summed E-state index contributed by atoms with van der Waals surface area (Å²) in [7, 11) is 1.71. The summed E-state index contributed by atoms with van der Waals surface area (Å²) in [6, 6.07) is 8.29. The third-order valence-electron chi connectivity index (χ3n) is 3.36. The molecule has 0 amide bonds. The summed E-state index contributed by atoms with van der Waals surface area (Å²) in [5.74, 6) is 0.908. The highest BCUT2D eigenvalue weighted by Crippen LogP contribution is 2.21. The van der Waals surface area contributed by atoms with E-state index in [-0.39, 0.29) is 5.54 Å². The maximum Gasteiger partial charge on any atom is 0.123 e. The number of rotatable bonds is 5. The lowest BCUT2D eigenvalue weighted by atomic mass is 10.1. The lowest BCUT2D eigenvalue weighted by molar-refractivity contribution is 0.402. The Morgan fingerprint density at radius 2 is 2.00 bits per heavy atom. The number of aromatic nitrogens is 2. The molecule has 1 N–H and O–H groups in total. The largest absolute Gasteiger partial charge is 0.496 e. The van der Waals surface area contributed by atoms with E-state index in [9.17, 15) is 0 Å². The van der Waals surface area contributed by atoms with Crippen molar-refractivity contribution in [3.8, 4) is 5.75 Å². The Kier molecular flexibility index (Phi) is 4.68. The Bertz CT molecular complexity index is 596. The first kappa shape index (κ1) is 15.6. The van der Waals surface area contributed by atoms with Crippen LogP contribution >= 0.6 is 0 Å². The van der Waals surface area contributed by atoms with Crippen LogP contribution in [0.3, 0.4) is 0 Å². The van der Waals surface area contributed by atoms with Gasteiger partial charge in [-0.25, -0.2) is 0 Å². The minimum Gasteiger partial charge on any atom is -0.496 e. The number of nitrogens with one attached hydrogen (secondary N) is 1. The molecule has 0 spiro atoms. The summed E-state index contributed by atoms with van der Waals surface area (Å²) in [5.41, 5.74) is 3.65. The van der Waals surface area contributed by atoms with Gasteiger partial charge in [0.25, 0.3) is 0 Å². The molecule has 0 saturated heterocycles. The minimum atomic E-state index is 0.0934. The number of nitrogens with zero attached hydrogens (tertiary/aromatic N) is 2. The zero-order valence-corrected chi connectivity index (χ0v) is 13.6. The molecule has 0 bridgehead atoms. The average Bonchev–Trinajstić information content (AvgIpc) is 2.83. The lowest BCUT2D eigenvalue weighted by Crippen LogP contribution is -2.35. The van der Waals surface area contributed by atoms with Crippen LogP contribution in [0.1, 0.15) is 37.6 Å². The van der Waals surface area contributed by atoms with Crippen LogP contribution in [0.2, 0.25) is 0 Å². The molecule has 2 rings (SSSR count). The van der Waals surface area contributed by atoms with Crippen LogP contribution in [-0.4, -0.2) is 22.4 Å². The van der Waals surface area contributed by atoms with E-state index in [4.69, 9.17) is 4.74 Å². The van der Waals surface area contributed by atoms with E-state index in [1.807, 2.05) is 16.9 Å². The highest BCUT2D eigenvalue weighted by molar-refractivity contribution is 5.37. The molecular formula is C17H25N3O. The van der Waals surface area contributed by atoms with Gasteiger partial charge in [0, 0.05) is 23.8 Å². The van der Waals surface area contributed by atoms with Gasteiger partial charge in [-0.2, -0.15) is 5.10 Å². The quantitative estimate of drug-likeness (QED) is 0.918. The van der Waals surface area contributed by atoms with Crippen LogP contribution in [-0.2, 0) is 13.1 Å². The summed E-state index contributed by atoms with van der Waals surface area (Å²) in [6.45, 7) is 10.1. The van der Waals surface area contributed by atoms with Crippen molar-refractivity contribution in [1.29, 1.82) is 0 Å². The van der Waals surface area contributed by atoms with Crippen LogP contribution in [0, 0.1) is 6.92 Å². The van der Waals surface area contributed by atoms with Crippen molar-refractivity contribution in [1.82, 2.24) is 15.1 Å². The van der Waals surface area contributed by atoms with Gasteiger partial charge in [-0.1, -0.05) is 17.7 Å². The average molecular weight is 287 g/mol. The number of ether oxygens (including phenoxy) is 1. The molecule has 0 atom stereocenters. The highest BCUT2D eigenvalue weighted by Gasteiger charge is 2.12. The van der Waals surface area contributed by atoms with Gasteiger partial charge in [0.15, 0.2) is 0 Å². The smallest absolute Gasteiger partial charge is 0.123 e. The predicted molar refractivity (Wildman–Crippen MR) is 85.7 cm³/mol. The molecule has 21 heavy (non-hydrogen) atoms. The molecule has 0 saturated carbocycles. The van der Waals surface area contributed by atoms with Crippen molar-refractivity contribution in [2.24, 2.45) is 0 Å². The lowest BCUT2D eigenvalue weighted by Gasteiger charge is -2.21. The fraction of sp³-hybridized carbons (Fsp3) is 0.471. The Morgan fingerprint density at radius 1 is 1.24 bits per heavy atom. The Balaban J connectivity index is 2.17. The van der Waals surface area contributed by atoms with Crippen LogP contribution < -0.4 is 10.1 Å². The molecule has 4 heteroatoms. The molecular weight excluding hydrogens is 262 g/mol. The van der Waals surface area contributed by atoms with E-state index in [1.165, 1.54) is 11.3 Å². The van der Waals surface area contributed by atoms with E-state index in [1.54, 1.807) is 7.11 Å². The monoisotopic (exact) mass is 287 g/mol. The summed E-state index contributed by atoms with van der Waals surface area (Å²) >= 11 is 0. The molecule has 114 valence electrons. The molecule has 0 aliphatic rings. The van der Waals surface area contributed by atoms with Crippen molar-refractivity contribution in [3.05, 3.63) is 47.3 Å². The minimum absolute atomic E-state index is 0.0934. The van der Waals surface area contributed by atoms with Crippen LogP contribution in [0.25, 0.3) is 0 Å². The second-order valence-electron chi connectivity index (χ2n) is 6.40. The van der Waals surface area contributed by atoms with Crippen LogP contribution in [0.5, 0.6) is 5.75 Å². The van der Waals surface area contributed by atoms with Crippen molar-refractivity contribution >= 4 is 0 Å². The second-order valence-corrected chi connectivity index (χ2v) is 6.40. The van der Waals surface area contributed by atoms with Crippen LogP contribution in [0.15, 0.2) is 30.5 Å². The standard InChI is InChI=1S/C17H25N3O/c1-13-6-7-16(21-5)14(10-13)12-20-15(8-9-19-20)11-18-17(2,3)4/h6-10,18H,11-12H2,1-5H3. The van der Waals surface area contributed by atoms with Gasteiger partial charge in [0.05, 0.1) is 19.3 Å². The van der Waals surface area contributed by atoms with Gasteiger partial charge >= 0.3 is 0 Å². The number of hydrogen-bond acceptors (Lipinski definition) is 3. The molecule has 0 unspecified atom stereocenters. The second kappa shape index (κ2) is 6.31. The third kappa shape index (κ3) is 4.33. The number of hydrogen-bond donors (Lipinski definition) is 1. The molecule has 2 aromatic rings. The maximum absolute atomic E-state index is 5.45. The molecule has 0 fully saturated rings. The SMILES string of the molecule is COc1ccc(C)cc1Cn1nccc1CNC(C)(C)C. The summed E-state index contributed by atoms with van der Waals surface area (Å²) in [5, 5.41) is 7.94. The Hall–Kier alpha value is -1.81. The fourth-order valence-corrected chi connectivity index (χ4v) is 2.20. The molecule has 4 nitrogen and oxygen atoms in total. The third-order valence-corrected chi connectivity index (χ3v) is 3.36. The predicted octanol–water partition coefficient (Wildman–Crippen LogP) is 3.14. The van der Waals surface area contributed by atoms with Gasteiger partial charge in [-0.3, -0.25) is 4.68 Å². The van der Waals surface area contributed by atoms with Crippen LogP contribution in [0.4, 0.5) is 0 Å².